The Bertz CT molecular complexity index is 656. The summed E-state index contributed by atoms with van der Waals surface area (Å²) in [5.41, 5.74) is 0.817. The molecule has 1 aromatic carbocycles. The Hall–Kier alpha value is -1.76. The Morgan fingerprint density at radius 1 is 1.32 bits per heavy atom. The fourth-order valence-electron chi connectivity index (χ4n) is 2.59. The summed E-state index contributed by atoms with van der Waals surface area (Å²) < 4.78 is 33.4. The zero-order chi connectivity index (χ0) is 16.3. The number of ether oxygens (including phenoxy) is 2. The first-order chi connectivity index (χ1) is 10.4. The molecule has 0 unspecified atom stereocenters. The predicted octanol–water partition coefficient (Wildman–Crippen LogP) is 1.32. The van der Waals surface area contributed by atoms with Crippen LogP contribution in [0.3, 0.4) is 0 Å². The van der Waals surface area contributed by atoms with Crippen molar-refractivity contribution in [1.29, 1.82) is 0 Å². The van der Waals surface area contributed by atoms with E-state index in [1.54, 1.807) is 26.4 Å². The molecule has 0 radical (unpaired) electrons. The summed E-state index contributed by atoms with van der Waals surface area (Å²) in [6, 6.07) is 5.09. The van der Waals surface area contributed by atoms with E-state index in [4.69, 9.17) is 9.47 Å². The van der Waals surface area contributed by atoms with Crippen LogP contribution < -0.4 is 14.8 Å². The Morgan fingerprint density at radius 3 is 2.59 bits per heavy atom. The van der Waals surface area contributed by atoms with Gasteiger partial charge >= 0.3 is 0 Å². The summed E-state index contributed by atoms with van der Waals surface area (Å²) in [5.74, 6) is 0.617. The number of rotatable bonds is 5. The van der Waals surface area contributed by atoms with Gasteiger partial charge in [0.05, 0.1) is 37.7 Å². The van der Waals surface area contributed by atoms with Crippen LogP contribution in [-0.2, 0) is 14.6 Å². The third-order valence-corrected chi connectivity index (χ3v) is 5.64. The molecule has 1 aromatic rings. The van der Waals surface area contributed by atoms with Gasteiger partial charge in [-0.05, 0) is 25.5 Å². The van der Waals surface area contributed by atoms with E-state index in [9.17, 15) is 13.2 Å². The fraction of sp³-hybridized carbons (Fsp3) is 0.533. The fourth-order valence-corrected chi connectivity index (χ4v) is 4.33. The molecule has 1 N–H and O–H groups in total. The molecule has 1 aliphatic heterocycles. The molecule has 0 aliphatic carbocycles. The van der Waals surface area contributed by atoms with Gasteiger partial charge in [0.2, 0.25) is 5.91 Å². The van der Waals surface area contributed by atoms with Crippen LogP contribution >= 0.6 is 0 Å². The first-order valence-electron chi connectivity index (χ1n) is 7.09. The third kappa shape index (κ3) is 3.71. The van der Waals surface area contributed by atoms with E-state index in [1.165, 1.54) is 0 Å². The van der Waals surface area contributed by atoms with Gasteiger partial charge in [-0.3, -0.25) is 4.79 Å². The average Bonchev–Trinajstić information content (AvgIpc) is 2.86. The van der Waals surface area contributed by atoms with Gasteiger partial charge in [0.1, 0.15) is 11.5 Å². The zero-order valence-corrected chi connectivity index (χ0v) is 13.8. The van der Waals surface area contributed by atoms with Gasteiger partial charge in [-0.2, -0.15) is 0 Å². The molecule has 2 rings (SSSR count). The minimum Gasteiger partial charge on any atom is -0.497 e. The summed E-state index contributed by atoms with van der Waals surface area (Å²) in [6.45, 7) is 1.84. The van der Waals surface area contributed by atoms with E-state index < -0.39 is 15.8 Å². The normalized spacial score (nSPS) is 21.1. The molecule has 0 bridgehead atoms. The van der Waals surface area contributed by atoms with E-state index in [0.29, 0.717) is 17.9 Å². The van der Waals surface area contributed by atoms with Crippen LogP contribution in [0.15, 0.2) is 18.2 Å². The van der Waals surface area contributed by atoms with E-state index in [-0.39, 0.29) is 23.5 Å². The van der Waals surface area contributed by atoms with Crippen LogP contribution in [0.1, 0.15) is 24.9 Å². The lowest BCUT2D eigenvalue weighted by atomic mass is 10.0. The molecular weight excluding hydrogens is 306 g/mol. The van der Waals surface area contributed by atoms with Crippen LogP contribution in [0.2, 0.25) is 0 Å². The highest BCUT2D eigenvalue weighted by atomic mass is 32.2. The van der Waals surface area contributed by atoms with Crippen molar-refractivity contribution in [3.8, 4) is 11.5 Å². The van der Waals surface area contributed by atoms with Crippen LogP contribution in [0.5, 0.6) is 11.5 Å². The molecule has 22 heavy (non-hydrogen) atoms. The first-order valence-corrected chi connectivity index (χ1v) is 8.91. The van der Waals surface area contributed by atoms with Gasteiger partial charge in [0.25, 0.3) is 0 Å². The lowest BCUT2D eigenvalue weighted by Gasteiger charge is -2.19. The van der Waals surface area contributed by atoms with E-state index in [0.717, 1.165) is 5.56 Å². The monoisotopic (exact) mass is 327 g/mol. The maximum atomic E-state index is 12.2. The maximum Gasteiger partial charge on any atom is 0.224 e. The predicted molar refractivity (Wildman–Crippen MR) is 82.9 cm³/mol. The largest absolute Gasteiger partial charge is 0.497 e. The SMILES string of the molecule is COc1ccc([C@@H](C)NC(=O)[C@H]2CCS(=O)(=O)C2)c(OC)c1. The number of hydrogen-bond donors (Lipinski definition) is 1. The van der Waals surface area contributed by atoms with Crippen molar-refractivity contribution in [2.75, 3.05) is 25.7 Å². The first kappa shape index (κ1) is 16.6. The van der Waals surface area contributed by atoms with Gasteiger partial charge in [0, 0.05) is 11.6 Å². The standard InChI is InChI=1S/C15H21NO5S/c1-10(13-5-4-12(20-2)8-14(13)21-3)16-15(17)11-6-7-22(18,19)9-11/h4-5,8,10-11H,6-7,9H2,1-3H3,(H,16,17)/t10-,11+/m1/s1. The number of sulfone groups is 1. The third-order valence-electron chi connectivity index (χ3n) is 3.87. The Balaban J connectivity index is 2.09. The van der Waals surface area contributed by atoms with Gasteiger partial charge < -0.3 is 14.8 Å². The number of amides is 1. The molecular formula is C15H21NO5S. The lowest BCUT2D eigenvalue weighted by molar-refractivity contribution is -0.124. The number of carbonyl (C=O) groups excluding carboxylic acids is 1. The molecule has 0 spiro atoms. The number of nitrogens with one attached hydrogen (secondary N) is 1. The lowest BCUT2D eigenvalue weighted by Crippen LogP contribution is -2.33. The van der Waals surface area contributed by atoms with Crippen LogP contribution in [-0.4, -0.2) is 40.1 Å². The van der Waals surface area contributed by atoms with Crippen molar-refractivity contribution in [3.63, 3.8) is 0 Å². The second-order valence-electron chi connectivity index (χ2n) is 5.44. The zero-order valence-electron chi connectivity index (χ0n) is 13.0. The van der Waals surface area contributed by atoms with Gasteiger partial charge in [0.15, 0.2) is 9.84 Å². The van der Waals surface area contributed by atoms with Crippen molar-refractivity contribution in [1.82, 2.24) is 5.32 Å². The minimum absolute atomic E-state index is 0.0642. The van der Waals surface area contributed by atoms with Crippen molar-refractivity contribution in [2.45, 2.75) is 19.4 Å². The van der Waals surface area contributed by atoms with Crippen molar-refractivity contribution in [3.05, 3.63) is 23.8 Å². The highest BCUT2D eigenvalue weighted by molar-refractivity contribution is 7.91. The van der Waals surface area contributed by atoms with Gasteiger partial charge in [-0.1, -0.05) is 0 Å². The summed E-state index contributed by atoms with van der Waals surface area (Å²) in [6.07, 6.45) is 0.390. The quantitative estimate of drug-likeness (QED) is 0.882. The number of hydrogen-bond acceptors (Lipinski definition) is 5. The summed E-state index contributed by atoms with van der Waals surface area (Å²) >= 11 is 0. The molecule has 1 fully saturated rings. The second kappa shape index (κ2) is 6.56. The molecule has 1 aliphatic rings. The minimum atomic E-state index is -3.06. The van der Waals surface area contributed by atoms with Crippen molar-refractivity contribution >= 4 is 15.7 Å². The van der Waals surface area contributed by atoms with Crippen molar-refractivity contribution in [2.24, 2.45) is 5.92 Å². The molecule has 1 amide bonds. The molecule has 7 heteroatoms. The van der Waals surface area contributed by atoms with Crippen LogP contribution in [0, 0.1) is 5.92 Å². The van der Waals surface area contributed by atoms with E-state index in [2.05, 4.69) is 5.32 Å². The Labute approximate surface area is 130 Å². The number of carbonyl (C=O) groups is 1. The summed E-state index contributed by atoms with van der Waals surface area (Å²) in [4.78, 5) is 12.2. The average molecular weight is 327 g/mol. The highest BCUT2D eigenvalue weighted by Crippen LogP contribution is 2.30. The van der Waals surface area contributed by atoms with Crippen LogP contribution in [0.4, 0.5) is 0 Å². The summed E-state index contributed by atoms with van der Waals surface area (Å²) in [7, 11) is 0.0568. The molecule has 0 saturated carbocycles. The molecule has 0 aromatic heterocycles. The highest BCUT2D eigenvalue weighted by Gasteiger charge is 2.33. The molecule has 1 saturated heterocycles. The van der Waals surface area contributed by atoms with Crippen molar-refractivity contribution < 1.29 is 22.7 Å². The maximum absolute atomic E-state index is 12.2. The smallest absolute Gasteiger partial charge is 0.224 e. The van der Waals surface area contributed by atoms with Gasteiger partial charge in [-0.15, -0.1) is 0 Å². The number of benzene rings is 1. The second-order valence-corrected chi connectivity index (χ2v) is 7.67. The molecule has 1 heterocycles. The molecule has 6 nitrogen and oxygen atoms in total. The topological polar surface area (TPSA) is 81.7 Å². The molecule has 2 atom stereocenters. The Morgan fingerprint density at radius 2 is 2.05 bits per heavy atom. The van der Waals surface area contributed by atoms with Gasteiger partial charge in [-0.25, -0.2) is 8.42 Å². The molecule has 122 valence electrons. The number of methoxy groups -OCH3 is 2. The van der Waals surface area contributed by atoms with E-state index in [1.807, 2.05) is 13.0 Å². The van der Waals surface area contributed by atoms with Crippen LogP contribution in [0.25, 0.3) is 0 Å². The van der Waals surface area contributed by atoms with E-state index >= 15 is 0 Å². The summed E-state index contributed by atoms with van der Waals surface area (Å²) in [5, 5.41) is 2.86. The Kier molecular flexibility index (Phi) is 4.95.